The van der Waals surface area contributed by atoms with Gasteiger partial charge in [0.1, 0.15) is 0 Å². The highest BCUT2D eigenvalue weighted by atomic mass is 16.5. The lowest BCUT2D eigenvalue weighted by Gasteiger charge is -2.35. The lowest BCUT2D eigenvalue weighted by Crippen LogP contribution is -2.46. The van der Waals surface area contributed by atoms with Gasteiger partial charge in [-0.25, -0.2) is 0 Å². The first-order chi connectivity index (χ1) is 7.79. The molecule has 0 N–H and O–H groups in total. The fourth-order valence-electron chi connectivity index (χ4n) is 1.97. The zero-order valence-electron chi connectivity index (χ0n) is 8.96. The summed E-state index contributed by atoms with van der Waals surface area (Å²) in [5.41, 5.74) is 0.768. The minimum absolute atomic E-state index is 0.580. The van der Waals surface area contributed by atoms with Crippen LogP contribution in [0.3, 0.4) is 0 Å². The van der Waals surface area contributed by atoms with Crippen molar-refractivity contribution in [3.8, 4) is 0 Å². The van der Waals surface area contributed by atoms with Crippen LogP contribution in [0.5, 0.6) is 0 Å². The molecule has 0 aromatic heterocycles. The van der Waals surface area contributed by atoms with E-state index in [1.807, 2.05) is 35.2 Å². The van der Waals surface area contributed by atoms with Gasteiger partial charge in [-0.1, -0.05) is 30.3 Å². The van der Waals surface area contributed by atoms with Gasteiger partial charge in [0.25, 0.3) is 0 Å². The quantitative estimate of drug-likeness (QED) is 0.708. The Morgan fingerprint density at radius 2 is 1.88 bits per heavy atom. The maximum Gasteiger partial charge on any atom is 0.0750 e. The molecule has 1 atom stereocenters. The predicted octanol–water partition coefficient (Wildman–Crippen LogP) is -0.190. The van der Waals surface area contributed by atoms with E-state index in [4.69, 9.17) is 4.74 Å². The molecule has 0 bridgehead atoms. The van der Waals surface area contributed by atoms with Crippen molar-refractivity contribution in [2.24, 2.45) is 0 Å². The molecule has 1 aromatic rings. The smallest absolute Gasteiger partial charge is 0.0750 e. The Bertz CT molecular complexity index is 347. The third-order valence-electron chi connectivity index (χ3n) is 2.75. The normalized spacial score (nSPS) is 19.2. The molecule has 4 heteroatoms. The van der Waals surface area contributed by atoms with Crippen LogP contribution in [0.2, 0.25) is 0 Å². The molecule has 0 aliphatic carbocycles. The zero-order chi connectivity index (χ0) is 11.4. The SMILES string of the molecule is O=C([O-])[C@H](c1ccccc1)N1CCOCC1. The van der Waals surface area contributed by atoms with E-state index in [9.17, 15) is 9.90 Å². The molecule has 0 saturated carbocycles. The Kier molecular flexibility index (Phi) is 3.54. The predicted molar refractivity (Wildman–Crippen MR) is 56.6 cm³/mol. The van der Waals surface area contributed by atoms with Crippen molar-refractivity contribution in [3.05, 3.63) is 35.9 Å². The van der Waals surface area contributed by atoms with Crippen molar-refractivity contribution in [2.45, 2.75) is 6.04 Å². The molecule has 16 heavy (non-hydrogen) atoms. The second-order valence-electron chi connectivity index (χ2n) is 3.78. The second-order valence-corrected chi connectivity index (χ2v) is 3.78. The van der Waals surface area contributed by atoms with Crippen LogP contribution in [0.4, 0.5) is 0 Å². The molecule has 0 unspecified atom stereocenters. The average molecular weight is 220 g/mol. The van der Waals surface area contributed by atoms with Gasteiger partial charge in [0.2, 0.25) is 0 Å². The van der Waals surface area contributed by atoms with E-state index in [0.29, 0.717) is 26.3 Å². The highest BCUT2D eigenvalue weighted by Gasteiger charge is 2.23. The lowest BCUT2D eigenvalue weighted by atomic mass is 10.1. The number of carboxylic acid groups (broad SMARTS) is 1. The van der Waals surface area contributed by atoms with E-state index < -0.39 is 12.0 Å². The summed E-state index contributed by atoms with van der Waals surface area (Å²) in [5, 5.41) is 11.2. The lowest BCUT2D eigenvalue weighted by molar-refractivity contribution is -0.313. The van der Waals surface area contributed by atoms with E-state index >= 15 is 0 Å². The summed E-state index contributed by atoms with van der Waals surface area (Å²) >= 11 is 0. The molecular weight excluding hydrogens is 206 g/mol. The van der Waals surface area contributed by atoms with Crippen LogP contribution in [0.15, 0.2) is 30.3 Å². The van der Waals surface area contributed by atoms with Gasteiger partial charge in [-0.15, -0.1) is 0 Å². The number of nitrogens with zero attached hydrogens (tertiary/aromatic N) is 1. The first-order valence-electron chi connectivity index (χ1n) is 5.36. The van der Waals surface area contributed by atoms with Gasteiger partial charge in [0.15, 0.2) is 0 Å². The Morgan fingerprint density at radius 3 is 2.44 bits per heavy atom. The molecule has 86 valence electrons. The summed E-state index contributed by atoms with van der Waals surface area (Å²) in [7, 11) is 0. The first kappa shape index (κ1) is 11.1. The molecule has 4 nitrogen and oxygen atoms in total. The maximum atomic E-state index is 11.2. The number of benzene rings is 1. The highest BCUT2D eigenvalue weighted by Crippen LogP contribution is 2.20. The monoisotopic (exact) mass is 220 g/mol. The van der Waals surface area contributed by atoms with E-state index in [2.05, 4.69) is 0 Å². The average Bonchev–Trinajstić information content (AvgIpc) is 2.31. The highest BCUT2D eigenvalue weighted by molar-refractivity contribution is 5.73. The van der Waals surface area contributed by atoms with Gasteiger partial charge in [-0.05, 0) is 5.56 Å². The van der Waals surface area contributed by atoms with E-state index in [0.717, 1.165) is 5.56 Å². The van der Waals surface area contributed by atoms with Crippen LogP contribution in [0, 0.1) is 0 Å². The van der Waals surface area contributed by atoms with Gasteiger partial charge < -0.3 is 14.6 Å². The van der Waals surface area contributed by atoms with Crippen LogP contribution in [-0.4, -0.2) is 37.2 Å². The summed E-state index contributed by atoms with van der Waals surface area (Å²) < 4.78 is 5.21. The van der Waals surface area contributed by atoms with Crippen LogP contribution in [-0.2, 0) is 9.53 Å². The molecular formula is C12H14NO3-. The van der Waals surface area contributed by atoms with E-state index in [1.165, 1.54) is 0 Å². The first-order valence-corrected chi connectivity index (χ1v) is 5.36. The van der Waals surface area contributed by atoms with Gasteiger partial charge in [0.05, 0.1) is 25.2 Å². The molecule has 1 saturated heterocycles. The molecule has 0 amide bonds. The van der Waals surface area contributed by atoms with Crippen molar-refractivity contribution in [3.63, 3.8) is 0 Å². The second kappa shape index (κ2) is 5.09. The van der Waals surface area contributed by atoms with Crippen LogP contribution >= 0.6 is 0 Å². The Hall–Kier alpha value is -1.39. The summed E-state index contributed by atoms with van der Waals surface area (Å²) in [6, 6.07) is 8.52. The number of rotatable bonds is 3. The number of hydrogen-bond donors (Lipinski definition) is 0. The number of aliphatic carboxylic acids is 1. The van der Waals surface area contributed by atoms with Gasteiger partial charge in [-0.3, -0.25) is 4.90 Å². The molecule has 1 fully saturated rings. The Morgan fingerprint density at radius 1 is 1.25 bits per heavy atom. The molecule has 1 aliphatic rings. The Balaban J connectivity index is 2.20. The number of morpholine rings is 1. The summed E-state index contributed by atoms with van der Waals surface area (Å²) in [6.07, 6.45) is 0. The van der Waals surface area contributed by atoms with Crippen LogP contribution in [0.1, 0.15) is 11.6 Å². The summed E-state index contributed by atoms with van der Waals surface area (Å²) in [4.78, 5) is 13.1. The molecule has 1 aromatic carbocycles. The van der Waals surface area contributed by atoms with E-state index in [-0.39, 0.29) is 0 Å². The number of carboxylic acids is 1. The zero-order valence-corrected chi connectivity index (χ0v) is 8.96. The number of hydrogen-bond acceptors (Lipinski definition) is 4. The number of carbonyl (C=O) groups excluding carboxylic acids is 1. The summed E-state index contributed by atoms with van der Waals surface area (Å²) in [6.45, 7) is 2.42. The molecule has 2 rings (SSSR count). The topological polar surface area (TPSA) is 52.6 Å². The van der Waals surface area contributed by atoms with Crippen molar-refractivity contribution in [1.29, 1.82) is 0 Å². The van der Waals surface area contributed by atoms with Crippen molar-refractivity contribution < 1.29 is 14.6 Å². The molecule has 1 heterocycles. The minimum atomic E-state index is -1.05. The van der Waals surface area contributed by atoms with E-state index in [1.54, 1.807) is 0 Å². The molecule has 1 aliphatic heterocycles. The minimum Gasteiger partial charge on any atom is -0.548 e. The maximum absolute atomic E-state index is 11.2. The van der Waals surface area contributed by atoms with Crippen molar-refractivity contribution in [2.75, 3.05) is 26.3 Å². The number of ether oxygens (including phenoxy) is 1. The summed E-state index contributed by atoms with van der Waals surface area (Å²) in [5.74, 6) is -1.05. The van der Waals surface area contributed by atoms with Gasteiger partial charge in [-0.2, -0.15) is 0 Å². The third-order valence-corrected chi connectivity index (χ3v) is 2.75. The van der Waals surface area contributed by atoms with Gasteiger partial charge in [0, 0.05) is 13.1 Å². The molecule has 0 radical (unpaired) electrons. The largest absolute Gasteiger partial charge is 0.548 e. The number of carbonyl (C=O) groups is 1. The van der Waals surface area contributed by atoms with Gasteiger partial charge >= 0.3 is 0 Å². The standard InChI is InChI=1S/C12H15NO3/c14-12(15)11(10-4-2-1-3-5-10)13-6-8-16-9-7-13/h1-5,11H,6-9H2,(H,14,15)/p-1/t11-/m0/s1. The molecule has 0 spiro atoms. The van der Waals surface area contributed by atoms with Crippen LogP contribution in [0.25, 0.3) is 0 Å². The third kappa shape index (κ3) is 2.40. The Labute approximate surface area is 94.4 Å². The van der Waals surface area contributed by atoms with Crippen LogP contribution < -0.4 is 5.11 Å². The van der Waals surface area contributed by atoms with Crippen molar-refractivity contribution in [1.82, 2.24) is 4.90 Å². The fourth-order valence-corrected chi connectivity index (χ4v) is 1.97. The van der Waals surface area contributed by atoms with Crippen molar-refractivity contribution >= 4 is 5.97 Å². The fraction of sp³-hybridized carbons (Fsp3) is 0.417.